The normalized spacial score (nSPS) is 19.8. The van der Waals surface area contributed by atoms with Gasteiger partial charge in [0.1, 0.15) is 5.69 Å². The maximum absolute atomic E-state index is 13.1. The number of amides is 2. The van der Waals surface area contributed by atoms with Gasteiger partial charge in [-0.25, -0.2) is 9.99 Å². The predicted octanol–water partition coefficient (Wildman–Crippen LogP) is 3.20. The Kier molecular flexibility index (Phi) is 5.19. The van der Waals surface area contributed by atoms with Gasteiger partial charge in [0, 0.05) is 37.3 Å². The van der Waals surface area contributed by atoms with Crippen molar-refractivity contribution in [3.05, 3.63) is 65.5 Å². The van der Waals surface area contributed by atoms with E-state index in [4.69, 9.17) is 0 Å². The second-order valence-corrected chi connectivity index (χ2v) is 7.37. The summed E-state index contributed by atoms with van der Waals surface area (Å²) < 4.78 is 0. The van der Waals surface area contributed by atoms with Crippen LogP contribution in [0.15, 0.2) is 53.6 Å². The lowest BCUT2D eigenvalue weighted by Gasteiger charge is -2.33. The number of hydrogen-bond acceptors (Lipinski definition) is 4. The molecular formula is C22H24N4O2. The zero-order valence-corrected chi connectivity index (χ0v) is 16.0. The second-order valence-electron chi connectivity index (χ2n) is 7.37. The quantitative estimate of drug-likeness (QED) is 0.826. The summed E-state index contributed by atoms with van der Waals surface area (Å²) >= 11 is 0. The Morgan fingerprint density at radius 3 is 2.46 bits per heavy atom. The van der Waals surface area contributed by atoms with Gasteiger partial charge in [-0.3, -0.25) is 9.59 Å². The number of nitrogens with zero attached hydrogens (tertiary/aromatic N) is 4. The van der Waals surface area contributed by atoms with Gasteiger partial charge in [0.25, 0.3) is 5.91 Å². The van der Waals surface area contributed by atoms with Crippen molar-refractivity contribution in [2.75, 3.05) is 13.1 Å². The van der Waals surface area contributed by atoms with Crippen molar-refractivity contribution in [1.82, 2.24) is 14.9 Å². The molecule has 0 bridgehead atoms. The highest BCUT2D eigenvalue weighted by atomic mass is 16.2. The van der Waals surface area contributed by atoms with E-state index in [1.807, 2.05) is 55.6 Å². The van der Waals surface area contributed by atoms with Crippen LogP contribution in [0.3, 0.4) is 0 Å². The molecule has 4 rings (SSSR count). The van der Waals surface area contributed by atoms with Crippen LogP contribution < -0.4 is 0 Å². The molecule has 3 heterocycles. The molecule has 0 aliphatic carbocycles. The SMILES string of the molecule is Cc1cccc(C(=O)N2CCC(C(=O)N3N=CCC3c3ccccc3)CC2)n1. The fraction of sp³-hybridized carbons (Fsp3) is 0.364. The summed E-state index contributed by atoms with van der Waals surface area (Å²) in [6.07, 6.45) is 3.87. The van der Waals surface area contributed by atoms with Crippen LogP contribution in [-0.2, 0) is 4.79 Å². The number of likely N-dealkylation sites (tertiary alicyclic amines) is 1. The number of aryl methyl sites for hydroxylation is 1. The van der Waals surface area contributed by atoms with E-state index in [1.165, 1.54) is 0 Å². The molecule has 28 heavy (non-hydrogen) atoms. The summed E-state index contributed by atoms with van der Waals surface area (Å²) in [6, 6.07) is 15.5. The molecule has 0 spiro atoms. The van der Waals surface area contributed by atoms with Crippen LogP contribution in [-0.4, -0.2) is 46.0 Å². The van der Waals surface area contributed by atoms with Crippen LogP contribution in [0.5, 0.6) is 0 Å². The molecule has 1 aromatic heterocycles. The third-order valence-corrected chi connectivity index (χ3v) is 5.48. The topological polar surface area (TPSA) is 65.9 Å². The number of piperidine rings is 1. The Hall–Kier alpha value is -3.02. The van der Waals surface area contributed by atoms with Crippen molar-refractivity contribution in [2.24, 2.45) is 11.0 Å². The number of hydrogen-bond donors (Lipinski definition) is 0. The summed E-state index contributed by atoms with van der Waals surface area (Å²) in [7, 11) is 0. The third-order valence-electron chi connectivity index (χ3n) is 5.48. The van der Waals surface area contributed by atoms with E-state index in [1.54, 1.807) is 16.0 Å². The number of carbonyl (C=O) groups excluding carboxylic acids is 2. The van der Waals surface area contributed by atoms with Gasteiger partial charge < -0.3 is 4.90 Å². The minimum atomic E-state index is -0.101. The first-order valence-corrected chi connectivity index (χ1v) is 9.77. The van der Waals surface area contributed by atoms with Crippen molar-refractivity contribution in [3.63, 3.8) is 0 Å². The zero-order valence-electron chi connectivity index (χ0n) is 16.0. The molecule has 1 atom stereocenters. The number of aromatic nitrogens is 1. The lowest BCUT2D eigenvalue weighted by atomic mass is 9.94. The fourth-order valence-electron chi connectivity index (χ4n) is 3.92. The number of benzene rings is 1. The molecule has 2 aromatic rings. The molecule has 2 amide bonds. The highest BCUT2D eigenvalue weighted by molar-refractivity contribution is 5.92. The molecule has 2 aliphatic rings. The summed E-state index contributed by atoms with van der Waals surface area (Å²) in [5.74, 6) is -0.102. The van der Waals surface area contributed by atoms with Crippen LogP contribution in [0.25, 0.3) is 0 Å². The molecule has 6 nitrogen and oxygen atoms in total. The molecule has 0 radical (unpaired) electrons. The van der Waals surface area contributed by atoms with Crippen molar-refractivity contribution in [2.45, 2.75) is 32.2 Å². The van der Waals surface area contributed by atoms with Gasteiger partial charge in [0.05, 0.1) is 6.04 Å². The van der Waals surface area contributed by atoms with E-state index in [2.05, 4.69) is 10.1 Å². The number of carbonyl (C=O) groups is 2. The van der Waals surface area contributed by atoms with Crippen LogP contribution in [0.1, 0.15) is 47.1 Å². The first kappa shape index (κ1) is 18.3. The van der Waals surface area contributed by atoms with Crippen molar-refractivity contribution < 1.29 is 9.59 Å². The number of rotatable bonds is 3. The summed E-state index contributed by atoms with van der Waals surface area (Å²) in [5, 5.41) is 5.99. The average Bonchev–Trinajstić information content (AvgIpc) is 3.23. The number of pyridine rings is 1. The largest absolute Gasteiger partial charge is 0.337 e. The molecule has 1 aromatic carbocycles. The van der Waals surface area contributed by atoms with Gasteiger partial charge in [0.15, 0.2) is 0 Å². The lowest BCUT2D eigenvalue weighted by molar-refractivity contribution is -0.138. The van der Waals surface area contributed by atoms with Crippen LogP contribution in [0.4, 0.5) is 0 Å². The van der Waals surface area contributed by atoms with Gasteiger partial charge in [-0.1, -0.05) is 36.4 Å². The molecule has 1 saturated heterocycles. The Balaban J connectivity index is 1.39. The lowest BCUT2D eigenvalue weighted by Crippen LogP contribution is -2.43. The Morgan fingerprint density at radius 2 is 1.75 bits per heavy atom. The minimum Gasteiger partial charge on any atom is -0.337 e. The molecular weight excluding hydrogens is 352 g/mol. The molecule has 0 N–H and O–H groups in total. The standard InChI is InChI=1S/C22H24N4O2/c1-16-6-5-9-19(24-16)22(28)25-14-11-18(12-15-25)21(27)26-20(10-13-23-26)17-7-3-2-4-8-17/h2-9,13,18,20H,10-12,14-15H2,1H3. The maximum atomic E-state index is 13.1. The smallest absolute Gasteiger partial charge is 0.272 e. The van der Waals surface area contributed by atoms with E-state index >= 15 is 0 Å². The summed E-state index contributed by atoms with van der Waals surface area (Å²) in [6.45, 7) is 3.01. The van der Waals surface area contributed by atoms with E-state index in [9.17, 15) is 9.59 Å². The second kappa shape index (κ2) is 7.92. The highest BCUT2D eigenvalue weighted by Gasteiger charge is 2.35. The van der Waals surface area contributed by atoms with E-state index in [-0.39, 0.29) is 23.8 Å². The van der Waals surface area contributed by atoms with Crippen LogP contribution in [0, 0.1) is 12.8 Å². The Bertz CT molecular complexity index is 888. The fourth-order valence-corrected chi connectivity index (χ4v) is 3.92. The maximum Gasteiger partial charge on any atom is 0.272 e. The third kappa shape index (κ3) is 3.67. The minimum absolute atomic E-state index is 0.0233. The van der Waals surface area contributed by atoms with Crippen LogP contribution in [0.2, 0.25) is 0 Å². The van der Waals surface area contributed by atoms with Crippen molar-refractivity contribution in [3.8, 4) is 0 Å². The van der Waals surface area contributed by atoms with Gasteiger partial charge in [-0.15, -0.1) is 0 Å². The van der Waals surface area contributed by atoms with E-state index in [0.717, 1.165) is 17.7 Å². The average molecular weight is 376 g/mol. The van der Waals surface area contributed by atoms with Gasteiger partial charge >= 0.3 is 0 Å². The summed E-state index contributed by atoms with van der Waals surface area (Å²) in [5.41, 5.74) is 2.40. The molecule has 1 fully saturated rings. The first-order valence-electron chi connectivity index (χ1n) is 9.77. The summed E-state index contributed by atoms with van der Waals surface area (Å²) in [4.78, 5) is 31.9. The first-order chi connectivity index (χ1) is 13.6. The van der Waals surface area contributed by atoms with Gasteiger partial charge in [-0.2, -0.15) is 5.10 Å². The van der Waals surface area contributed by atoms with Crippen molar-refractivity contribution >= 4 is 18.0 Å². The molecule has 0 saturated carbocycles. The molecule has 6 heteroatoms. The van der Waals surface area contributed by atoms with E-state index < -0.39 is 0 Å². The molecule has 144 valence electrons. The Morgan fingerprint density at radius 1 is 1.00 bits per heavy atom. The Labute approximate surface area is 164 Å². The van der Waals surface area contributed by atoms with Gasteiger partial charge in [-0.05, 0) is 37.5 Å². The predicted molar refractivity (Wildman–Crippen MR) is 107 cm³/mol. The van der Waals surface area contributed by atoms with Crippen molar-refractivity contribution in [1.29, 1.82) is 0 Å². The van der Waals surface area contributed by atoms with Crippen LogP contribution >= 0.6 is 0 Å². The van der Waals surface area contributed by atoms with E-state index in [0.29, 0.717) is 31.6 Å². The molecule has 2 aliphatic heterocycles. The highest BCUT2D eigenvalue weighted by Crippen LogP contribution is 2.31. The zero-order chi connectivity index (χ0) is 19.5. The number of hydrazone groups is 1. The monoisotopic (exact) mass is 376 g/mol. The van der Waals surface area contributed by atoms with Gasteiger partial charge in [0.2, 0.25) is 5.91 Å². The molecule has 1 unspecified atom stereocenters.